The smallest absolute Gasteiger partial charge is 0.143 e. The van der Waals surface area contributed by atoms with E-state index in [1.54, 1.807) is 0 Å². The third-order valence-electron chi connectivity index (χ3n) is 2.34. The lowest BCUT2D eigenvalue weighted by atomic mass is 10.1. The van der Waals surface area contributed by atoms with Crippen molar-refractivity contribution in [3.8, 4) is 5.75 Å². The van der Waals surface area contributed by atoms with Crippen molar-refractivity contribution in [2.75, 3.05) is 19.8 Å². The summed E-state index contributed by atoms with van der Waals surface area (Å²) in [5.41, 5.74) is 6.40. The van der Waals surface area contributed by atoms with E-state index in [0.717, 1.165) is 30.9 Å². The van der Waals surface area contributed by atoms with E-state index >= 15 is 0 Å². The molecule has 0 aliphatic heterocycles. The van der Waals surface area contributed by atoms with Gasteiger partial charge in [0.2, 0.25) is 0 Å². The lowest BCUT2D eigenvalue weighted by Crippen LogP contribution is -2.14. The molecule has 5 heteroatoms. The van der Waals surface area contributed by atoms with Gasteiger partial charge in [-0.25, -0.2) is 0 Å². The second kappa shape index (κ2) is 8.36. The van der Waals surface area contributed by atoms with E-state index < -0.39 is 0 Å². The normalized spacial score (nSPS) is 11.5. The van der Waals surface area contributed by atoms with E-state index in [0.29, 0.717) is 13.0 Å². The Bertz CT molecular complexity index is 363. The molecule has 0 radical (unpaired) electrons. The lowest BCUT2D eigenvalue weighted by Gasteiger charge is -2.07. The van der Waals surface area contributed by atoms with Crippen molar-refractivity contribution in [3.63, 3.8) is 0 Å². The van der Waals surface area contributed by atoms with E-state index in [2.05, 4.69) is 5.16 Å². The van der Waals surface area contributed by atoms with E-state index in [9.17, 15) is 0 Å². The number of hydrogen-bond acceptors (Lipinski definition) is 4. The molecular formula is C13H20N2O3. The van der Waals surface area contributed by atoms with Crippen molar-refractivity contribution in [2.45, 2.75) is 19.8 Å². The summed E-state index contributed by atoms with van der Waals surface area (Å²) >= 11 is 0. The molecule has 0 spiro atoms. The predicted molar refractivity (Wildman–Crippen MR) is 70.2 cm³/mol. The summed E-state index contributed by atoms with van der Waals surface area (Å²) in [6.45, 7) is 4.07. The summed E-state index contributed by atoms with van der Waals surface area (Å²) in [6.07, 6.45) is 1.31. The number of rotatable bonds is 8. The Kier molecular flexibility index (Phi) is 6.64. The highest BCUT2D eigenvalue weighted by Gasteiger charge is 1.99. The van der Waals surface area contributed by atoms with Crippen LogP contribution in [0.3, 0.4) is 0 Å². The standard InChI is InChI=1S/C13H20N2O3/c1-2-17-8-3-9-18-12-6-4-11(5-7-12)10-13(14)15-16/h4-7,16H,2-3,8-10H2,1H3,(H2,14,15). The van der Waals surface area contributed by atoms with Crippen LogP contribution in [-0.4, -0.2) is 30.9 Å². The first-order valence-corrected chi connectivity index (χ1v) is 6.02. The van der Waals surface area contributed by atoms with Gasteiger partial charge in [0.15, 0.2) is 0 Å². The van der Waals surface area contributed by atoms with Gasteiger partial charge in [0.05, 0.1) is 6.61 Å². The van der Waals surface area contributed by atoms with Crippen LogP contribution in [0.5, 0.6) is 5.75 Å². The molecule has 0 amide bonds. The molecule has 5 nitrogen and oxygen atoms in total. The van der Waals surface area contributed by atoms with Gasteiger partial charge < -0.3 is 20.4 Å². The molecule has 0 aliphatic carbocycles. The van der Waals surface area contributed by atoms with E-state index in [1.807, 2.05) is 31.2 Å². The van der Waals surface area contributed by atoms with Crippen molar-refractivity contribution in [3.05, 3.63) is 29.8 Å². The molecule has 0 aromatic heterocycles. The van der Waals surface area contributed by atoms with Crippen LogP contribution in [0.15, 0.2) is 29.4 Å². The van der Waals surface area contributed by atoms with Crippen LogP contribution in [0.1, 0.15) is 18.9 Å². The summed E-state index contributed by atoms with van der Waals surface area (Å²) in [7, 11) is 0. The van der Waals surface area contributed by atoms with Gasteiger partial charge >= 0.3 is 0 Å². The zero-order chi connectivity index (χ0) is 13.2. The molecule has 1 aromatic carbocycles. The maximum absolute atomic E-state index is 8.46. The second-order valence-corrected chi connectivity index (χ2v) is 3.81. The number of oxime groups is 1. The van der Waals surface area contributed by atoms with Gasteiger partial charge in [-0.2, -0.15) is 0 Å². The van der Waals surface area contributed by atoms with Gasteiger partial charge in [0.25, 0.3) is 0 Å². The van der Waals surface area contributed by atoms with E-state index in [-0.39, 0.29) is 5.84 Å². The number of amidine groups is 1. The maximum Gasteiger partial charge on any atom is 0.143 e. The molecule has 1 rings (SSSR count). The zero-order valence-electron chi connectivity index (χ0n) is 10.6. The van der Waals surface area contributed by atoms with Gasteiger partial charge in [-0.3, -0.25) is 0 Å². The van der Waals surface area contributed by atoms with Crippen LogP contribution in [0.25, 0.3) is 0 Å². The topological polar surface area (TPSA) is 77.1 Å². The third-order valence-corrected chi connectivity index (χ3v) is 2.34. The fourth-order valence-electron chi connectivity index (χ4n) is 1.44. The molecule has 0 bridgehead atoms. The Morgan fingerprint density at radius 1 is 1.28 bits per heavy atom. The third kappa shape index (κ3) is 5.54. The molecule has 0 unspecified atom stereocenters. The molecule has 0 aliphatic rings. The Morgan fingerprint density at radius 3 is 2.61 bits per heavy atom. The first-order valence-electron chi connectivity index (χ1n) is 6.02. The van der Waals surface area contributed by atoms with Crippen LogP contribution >= 0.6 is 0 Å². The molecule has 0 saturated carbocycles. The van der Waals surface area contributed by atoms with Crippen molar-refractivity contribution >= 4 is 5.84 Å². The van der Waals surface area contributed by atoms with Gasteiger partial charge in [-0.05, 0) is 24.6 Å². The van der Waals surface area contributed by atoms with Crippen LogP contribution in [0.2, 0.25) is 0 Å². The Morgan fingerprint density at radius 2 is 2.00 bits per heavy atom. The fraction of sp³-hybridized carbons (Fsp3) is 0.462. The zero-order valence-corrected chi connectivity index (χ0v) is 10.6. The highest BCUT2D eigenvalue weighted by atomic mass is 16.5. The summed E-state index contributed by atoms with van der Waals surface area (Å²) in [4.78, 5) is 0. The van der Waals surface area contributed by atoms with E-state index in [4.69, 9.17) is 20.4 Å². The van der Waals surface area contributed by atoms with Gasteiger partial charge in [-0.15, -0.1) is 0 Å². The SMILES string of the molecule is CCOCCCOc1ccc(CC(N)=NO)cc1. The number of hydrogen-bond donors (Lipinski definition) is 2. The minimum atomic E-state index is 0.195. The molecule has 0 heterocycles. The van der Waals surface area contributed by atoms with Crippen LogP contribution in [0, 0.1) is 0 Å². The summed E-state index contributed by atoms with van der Waals surface area (Å²) in [5.74, 6) is 1.01. The highest BCUT2D eigenvalue weighted by molar-refractivity contribution is 5.81. The molecule has 100 valence electrons. The van der Waals surface area contributed by atoms with Crippen molar-refractivity contribution in [1.82, 2.24) is 0 Å². The van der Waals surface area contributed by atoms with Crippen LogP contribution in [-0.2, 0) is 11.2 Å². The molecule has 18 heavy (non-hydrogen) atoms. The second-order valence-electron chi connectivity index (χ2n) is 3.81. The molecule has 0 fully saturated rings. The largest absolute Gasteiger partial charge is 0.494 e. The Balaban J connectivity index is 2.31. The average molecular weight is 252 g/mol. The summed E-state index contributed by atoms with van der Waals surface area (Å²) in [6, 6.07) is 7.55. The number of nitrogens with two attached hydrogens (primary N) is 1. The predicted octanol–water partition coefficient (Wildman–Crippen LogP) is 1.78. The molecule has 1 aromatic rings. The quantitative estimate of drug-likeness (QED) is 0.243. The molecular weight excluding hydrogens is 232 g/mol. The van der Waals surface area contributed by atoms with E-state index in [1.165, 1.54) is 0 Å². The van der Waals surface area contributed by atoms with Gasteiger partial charge in [-0.1, -0.05) is 17.3 Å². The maximum atomic E-state index is 8.46. The number of nitrogens with zero attached hydrogens (tertiary/aromatic N) is 1. The minimum Gasteiger partial charge on any atom is -0.494 e. The van der Waals surface area contributed by atoms with Gasteiger partial charge in [0.1, 0.15) is 11.6 Å². The average Bonchev–Trinajstić information content (AvgIpc) is 2.40. The number of ether oxygens (including phenoxy) is 2. The highest BCUT2D eigenvalue weighted by Crippen LogP contribution is 2.12. The fourth-order valence-corrected chi connectivity index (χ4v) is 1.44. The van der Waals surface area contributed by atoms with Crippen molar-refractivity contribution in [1.29, 1.82) is 0 Å². The summed E-state index contributed by atoms with van der Waals surface area (Å²) < 4.78 is 10.8. The Labute approximate surface area is 107 Å². The van der Waals surface area contributed by atoms with Gasteiger partial charge in [0, 0.05) is 26.1 Å². The number of benzene rings is 1. The Hall–Kier alpha value is -1.75. The molecule has 0 saturated heterocycles. The first kappa shape index (κ1) is 14.3. The minimum absolute atomic E-state index is 0.195. The molecule has 0 atom stereocenters. The van der Waals surface area contributed by atoms with Crippen LogP contribution < -0.4 is 10.5 Å². The first-order chi connectivity index (χ1) is 8.76. The monoisotopic (exact) mass is 252 g/mol. The lowest BCUT2D eigenvalue weighted by molar-refractivity contribution is 0.131. The summed E-state index contributed by atoms with van der Waals surface area (Å²) in [5, 5.41) is 11.4. The van der Waals surface area contributed by atoms with Crippen molar-refractivity contribution < 1.29 is 14.7 Å². The van der Waals surface area contributed by atoms with Crippen molar-refractivity contribution in [2.24, 2.45) is 10.9 Å². The van der Waals surface area contributed by atoms with Crippen LogP contribution in [0.4, 0.5) is 0 Å². The molecule has 3 N–H and O–H groups in total.